The molecule has 0 fully saturated rings. The van der Waals surface area contributed by atoms with E-state index < -0.39 is 0 Å². The highest BCUT2D eigenvalue weighted by Gasteiger charge is 2.28. The first-order chi connectivity index (χ1) is 15.0. The van der Waals surface area contributed by atoms with Gasteiger partial charge in [-0.3, -0.25) is 25.4 Å². The number of halogens is 1. The van der Waals surface area contributed by atoms with Crippen molar-refractivity contribution in [3.8, 4) is 0 Å². The van der Waals surface area contributed by atoms with Crippen LogP contribution in [0.15, 0.2) is 62.8 Å². The summed E-state index contributed by atoms with van der Waals surface area (Å²) < 4.78 is 6.57. The van der Waals surface area contributed by atoms with Crippen molar-refractivity contribution in [1.82, 2.24) is 15.8 Å². The second-order valence-corrected chi connectivity index (χ2v) is 7.96. The van der Waals surface area contributed by atoms with E-state index in [1.54, 1.807) is 12.3 Å². The van der Waals surface area contributed by atoms with Gasteiger partial charge in [0.1, 0.15) is 5.76 Å². The summed E-state index contributed by atoms with van der Waals surface area (Å²) in [7, 11) is 0. The number of nitrogens with zero attached hydrogens (tertiary/aromatic N) is 2. The molecule has 0 saturated carbocycles. The van der Waals surface area contributed by atoms with Crippen molar-refractivity contribution in [3.63, 3.8) is 0 Å². The van der Waals surface area contributed by atoms with E-state index in [-0.39, 0.29) is 17.6 Å². The van der Waals surface area contributed by atoms with Crippen LogP contribution in [0.1, 0.15) is 50.6 Å². The Kier molecular flexibility index (Phi) is 6.13. The molecule has 1 aliphatic rings. The molecule has 2 aromatic heterocycles. The first kappa shape index (κ1) is 20.8. The van der Waals surface area contributed by atoms with Gasteiger partial charge >= 0.3 is 5.91 Å². The van der Waals surface area contributed by atoms with Crippen molar-refractivity contribution >= 4 is 39.1 Å². The number of anilines is 1. The fourth-order valence-electron chi connectivity index (χ4n) is 3.42. The Hall–Kier alpha value is -3.46. The van der Waals surface area contributed by atoms with E-state index in [1.165, 1.54) is 6.20 Å². The molecule has 158 valence electrons. The number of aryl methyl sites for hydroxylation is 1. The van der Waals surface area contributed by atoms with Crippen molar-refractivity contribution < 1.29 is 14.0 Å². The fraction of sp³-hybridized carbons (Fsp3) is 0.182. The number of amides is 2. The van der Waals surface area contributed by atoms with Crippen LogP contribution in [0.4, 0.5) is 5.69 Å². The van der Waals surface area contributed by atoms with Crippen LogP contribution in [-0.4, -0.2) is 22.5 Å². The van der Waals surface area contributed by atoms with Gasteiger partial charge in [-0.15, -0.1) is 0 Å². The number of carbonyl (C=O) groups is 2. The number of hydrogen-bond acceptors (Lipinski definition) is 6. The minimum Gasteiger partial charge on any atom is -0.455 e. The minimum absolute atomic E-state index is 0.227. The molecule has 3 N–H and O–H groups in total. The average Bonchev–Trinajstić information content (AvgIpc) is 3.13. The monoisotopic (exact) mass is 481 g/mol. The minimum atomic E-state index is -0.376. The Balaban J connectivity index is 1.51. The molecule has 2 amide bonds. The van der Waals surface area contributed by atoms with Gasteiger partial charge in [-0.25, -0.2) is 5.43 Å². The van der Waals surface area contributed by atoms with Crippen molar-refractivity contribution in [1.29, 1.82) is 0 Å². The van der Waals surface area contributed by atoms with Crippen molar-refractivity contribution in [2.24, 2.45) is 5.10 Å². The highest BCUT2D eigenvalue weighted by molar-refractivity contribution is 9.10. The van der Waals surface area contributed by atoms with E-state index in [9.17, 15) is 9.59 Å². The number of furan rings is 1. The SMILES string of the molecule is Cc1c(C(=O)NNc2ccccc2)oc2c1/C(=N/NC(=O)c1cncc(Br)c1)CCC2. The molecular formula is C22H20BrN5O3. The quantitative estimate of drug-likeness (QED) is 0.477. The number of hydrogen-bond donors (Lipinski definition) is 3. The zero-order chi connectivity index (χ0) is 21.8. The van der Waals surface area contributed by atoms with E-state index in [2.05, 4.69) is 42.3 Å². The Labute approximate surface area is 187 Å². The molecule has 9 heteroatoms. The van der Waals surface area contributed by atoms with Gasteiger partial charge in [-0.2, -0.15) is 5.10 Å². The second kappa shape index (κ2) is 9.13. The summed E-state index contributed by atoms with van der Waals surface area (Å²) in [6.07, 6.45) is 5.27. The van der Waals surface area contributed by atoms with Crippen LogP contribution in [0.25, 0.3) is 0 Å². The van der Waals surface area contributed by atoms with E-state index >= 15 is 0 Å². The Morgan fingerprint density at radius 2 is 1.94 bits per heavy atom. The molecule has 0 unspecified atom stereocenters. The first-order valence-electron chi connectivity index (χ1n) is 9.74. The van der Waals surface area contributed by atoms with Gasteiger partial charge in [-0.1, -0.05) is 18.2 Å². The predicted molar refractivity (Wildman–Crippen MR) is 120 cm³/mol. The Morgan fingerprint density at radius 1 is 1.13 bits per heavy atom. The van der Waals surface area contributed by atoms with Gasteiger partial charge < -0.3 is 4.42 Å². The summed E-state index contributed by atoms with van der Waals surface area (Å²) in [5.74, 6) is 0.190. The normalized spacial score (nSPS) is 14.1. The number of fused-ring (bicyclic) bond motifs is 1. The zero-order valence-corrected chi connectivity index (χ0v) is 18.3. The van der Waals surface area contributed by atoms with Crippen molar-refractivity contribution in [2.45, 2.75) is 26.2 Å². The standard InChI is InChI=1S/C22H20BrN5O3/c1-13-19-17(26-27-21(29)14-10-15(23)12-24-11-14)8-5-9-18(19)31-20(13)22(30)28-25-16-6-3-2-4-7-16/h2-4,6-7,10-12,25H,5,8-9H2,1H3,(H,27,29)(H,28,30)/b26-17+. The Morgan fingerprint density at radius 3 is 2.71 bits per heavy atom. The molecule has 0 radical (unpaired) electrons. The number of para-hydroxylation sites is 1. The van der Waals surface area contributed by atoms with Gasteiger partial charge in [0.05, 0.1) is 17.0 Å². The highest BCUT2D eigenvalue weighted by atomic mass is 79.9. The summed E-state index contributed by atoms with van der Waals surface area (Å²) >= 11 is 3.30. The average molecular weight is 482 g/mol. The third-order valence-corrected chi connectivity index (χ3v) is 5.32. The van der Waals surface area contributed by atoms with E-state index in [1.807, 2.05) is 37.3 Å². The topological polar surface area (TPSA) is 109 Å². The van der Waals surface area contributed by atoms with Crippen LogP contribution in [0, 0.1) is 6.92 Å². The summed E-state index contributed by atoms with van der Waals surface area (Å²) in [5.41, 5.74) is 11.4. The number of benzene rings is 1. The lowest BCUT2D eigenvalue weighted by Gasteiger charge is -2.13. The first-order valence-corrected chi connectivity index (χ1v) is 10.5. The van der Waals surface area contributed by atoms with E-state index in [0.717, 1.165) is 17.7 Å². The van der Waals surface area contributed by atoms with Crippen LogP contribution in [0.3, 0.4) is 0 Å². The van der Waals surface area contributed by atoms with E-state index in [4.69, 9.17) is 4.42 Å². The van der Waals surface area contributed by atoms with Crippen LogP contribution >= 0.6 is 15.9 Å². The van der Waals surface area contributed by atoms with Gasteiger partial charge in [0.25, 0.3) is 5.91 Å². The third-order valence-electron chi connectivity index (χ3n) is 4.89. The van der Waals surface area contributed by atoms with Crippen LogP contribution in [-0.2, 0) is 6.42 Å². The van der Waals surface area contributed by atoms with Gasteiger partial charge in [-0.05, 0) is 53.9 Å². The molecule has 8 nitrogen and oxygen atoms in total. The predicted octanol–water partition coefficient (Wildman–Crippen LogP) is 3.97. The number of pyridine rings is 1. The summed E-state index contributed by atoms with van der Waals surface area (Å²) in [4.78, 5) is 29.0. The molecule has 4 rings (SSSR count). The highest BCUT2D eigenvalue weighted by Crippen LogP contribution is 2.30. The number of carbonyl (C=O) groups excluding carboxylic acids is 2. The molecule has 3 aromatic rings. The third kappa shape index (κ3) is 4.66. The van der Waals surface area contributed by atoms with Crippen molar-refractivity contribution in [3.05, 3.63) is 81.5 Å². The van der Waals surface area contributed by atoms with Crippen LogP contribution in [0.5, 0.6) is 0 Å². The van der Waals surface area contributed by atoms with E-state index in [0.29, 0.717) is 39.9 Å². The summed E-state index contributed by atoms with van der Waals surface area (Å²) in [6.45, 7) is 1.82. The van der Waals surface area contributed by atoms with Gasteiger partial charge in [0, 0.05) is 34.4 Å². The maximum atomic E-state index is 12.7. The maximum absolute atomic E-state index is 12.7. The second-order valence-electron chi connectivity index (χ2n) is 7.04. The molecule has 1 aliphatic carbocycles. The smallest absolute Gasteiger partial charge is 0.305 e. The molecular weight excluding hydrogens is 462 g/mol. The molecule has 0 bridgehead atoms. The molecule has 0 aliphatic heterocycles. The number of rotatable bonds is 5. The molecule has 0 spiro atoms. The lowest BCUT2D eigenvalue weighted by atomic mass is 9.93. The number of aromatic nitrogens is 1. The molecule has 0 atom stereocenters. The fourth-order valence-corrected chi connectivity index (χ4v) is 3.79. The van der Waals surface area contributed by atoms with Crippen molar-refractivity contribution in [2.75, 3.05) is 5.43 Å². The largest absolute Gasteiger partial charge is 0.455 e. The molecule has 0 saturated heterocycles. The van der Waals surface area contributed by atoms with Crippen LogP contribution < -0.4 is 16.3 Å². The maximum Gasteiger partial charge on any atom is 0.305 e. The summed E-state index contributed by atoms with van der Waals surface area (Å²) in [6, 6.07) is 11.0. The lowest BCUT2D eigenvalue weighted by molar-refractivity contribution is 0.0930. The van der Waals surface area contributed by atoms with Crippen LogP contribution in [0.2, 0.25) is 0 Å². The number of hydrazine groups is 1. The molecule has 2 heterocycles. The number of hydrazone groups is 1. The number of nitrogens with one attached hydrogen (secondary N) is 3. The zero-order valence-electron chi connectivity index (χ0n) is 16.7. The molecule has 31 heavy (non-hydrogen) atoms. The lowest BCUT2D eigenvalue weighted by Crippen LogP contribution is -2.29. The van der Waals surface area contributed by atoms with Gasteiger partial charge in [0.2, 0.25) is 0 Å². The molecule has 1 aromatic carbocycles. The summed E-state index contributed by atoms with van der Waals surface area (Å²) in [5, 5.41) is 4.32. The Bertz CT molecular complexity index is 1160. The van der Waals surface area contributed by atoms with Gasteiger partial charge in [0.15, 0.2) is 5.76 Å².